The molecule has 0 saturated heterocycles. The highest BCUT2D eigenvalue weighted by Gasteiger charge is 2.27. The second-order valence-corrected chi connectivity index (χ2v) is 5.84. The van der Waals surface area contributed by atoms with Crippen LogP contribution in [0, 0.1) is 5.82 Å². The first-order valence-electron chi connectivity index (χ1n) is 8.19. The van der Waals surface area contributed by atoms with Gasteiger partial charge in [-0.05, 0) is 42.0 Å². The molecule has 1 N–H and O–H groups in total. The van der Waals surface area contributed by atoms with E-state index in [2.05, 4.69) is 15.3 Å². The van der Waals surface area contributed by atoms with Crippen LogP contribution in [0.3, 0.4) is 0 Å². The minimum Gasteiger partial charge on any atom is -0.341 e. The molecule has 0 saturated carbocycles. The molecule has 1 heterocycles. The van der Waals surface area contributed by atoms with Crippen molar-refractivity contribution in [3.63, 3.8) is 0 Å². The van der Waals surface area contributed by atoms with E-state index >= 15 is 4.39 Å². The fraction of sp³-hybridized carbons (Fsp3) is 0.0476. The molecular formula is C21H15F2N3. The second kappa shape index (κ2) is 6.88. The van der Waals surface area contributed by atoms with Gasteiger partial charge in [-0.2, -0.15) is 0 Å². The summed E-state index contributed by atoms with van der Waals surface area (Å²) >= 11 is 0. The third kappa shape index (κ3) is 3.24. The Balaban J connectivity index is 1.81. The van der Waals surface area contributed by atoms with E-state index in [0.29, 0.717) is 16.9 Å². The highest BCUT2D eigenvalue weighted by molar-refractivity contribution is 6.22. The highest BCUT2D eigenvalue weighted by atomic mass is 19.1. The standard InChI is InChI=1S/C21H15F2N3/c22-15-12-10-14(11-13-15)20-19(23)21(24-16-6-2-1-3-7-16)26-18-9-5-4-8-17(18)25-20/h1-13,19H,(H,24,26). The number of anilines is 1. The Hall–Kier alpha value is -3.34. The van der Waals surface area contributed by atoms with Gasteiger partial charge in [0.25, 0.3) is 0 Å². The van der Waals surface area contributed by atoms with E-state index < -0.39 is 6.17 Å². The molecule has 1 atom stereocenters. The second-order valence-electron chi connectivity index (χ2n) is 5.84. The number of para-hydroxylation sites is 3. The number of hydrogen-bond donors (Lipinski definition) is 1. The number of alkyl halides is 1. The maximum absolute atomic E-state index is 15.4. The van der Waals surface area contributed by atoms with E-state index in [1.165, 1.54) is 24.3 Å². The number of rotatable bonds is 2. The lowest BCUT2D eigenvalue weighted by molar-refractivity contribution is 0.515. The fourth-order valence-corrected chi connectivity index (χ4v) is 2.75. The number of halogens is 2. The zero-order valence-corrected chi connectivity index (χ0v) is 13.7. The Morgan fingerprint density at radius 2 is 1.35 bits per heavy atom. The van der Waals surface area contributed by atoms with E-state index in [1.54, 1.807) is 12.1 Å². The molecule has 1 aliphatic rings. The maximum Gasteiger partial charge on any atom is 0.200 e. The molecule has 3 aromatic carbocycles. The Morgan fingerprint density at radius 1 is 0.731 bits per heavy atom. The van der Waals surface area contributed by atoms with Crippen LogP contribution in [0.2, 0.25) is 0 Å². The van der Waals surface area contributed by atoms with E-state index in [9.17, 15) is 4.39 Å². The van der Waals surface area contributed by atoms with Gasteiger partial charge in [0, 0.05) is 5.69 Å². The predicted octanol–water partition coefficient (Wildman–Crippen LogP) is 5.44. The number of aliphatic imine (C=N–C) groups is 2. The van der Waals surface area contributed by atoms with Crippen LogP contribution < -0.4 is 5.32 Å². The average molecular weight is 347 g/mol. The zero-order valence-electron chi connectivity index (χ0n) is 13.7. The number of amidine groups is 1. The van der Waals surface area contributed by atoms with E-state index in [-0.39, 0.29) is 17.4 Å². The lowest BCUT2D eigenvalue weighted by Gasteiger charge is -2.15. The smallest absolute Gasteiger partial charge is 0.200 e. The van der Waals surface area contributed by atoms with Gasteiger partial charge < -0.3 is 5.32 Å². The summed E-state index contributed by atoms with van der Waals surface area (Å²) in [6, 6.07) is 22.1. The number of nitrogens with zero attached hydrogens (tertiary/aromatic N) is 2. The summed E-state index contributed by atoms with van der Waals surface area (Å²) in [5, 5.41) is 3.04. The van der Waals surface area contributed by atoms with Crippen molar-refractivity contribution in [2.24, 2.45) is 9.98 Å². The molecule has 3 aromatic rings. The summed E-state index contributed by atoms with van der Waals surface area (Å²) in [6.45, 7) is 0. The van der Waals surface area contributed by atoms with E-state index in [0.717, 1.165) is 5.69 Å². The minimum absolute atomic E-state index is 0.143. The van der Waals surface area contributed by atoms with Gasteiger partial charge in [0.2, 0.25) is 0 Å². The Morgan fingerprint density at radius 3 is 2.04 bits per heavy atom. The van der Waals surface area contributed by atoms with Crippen molar-refractivity contribution in [2.45, 2.75) is 6.17 Å². The molecule has 3 nitrogen and oxygen atoms in total. The Bertz CT molecular complexity index is 980. The normalized spacial score (nSPS) is 16.2. The van der Waals surface area contributed by atoms with Crippen molar-refractivity contribution in [1.82, 2.24) is 0 Å². The molecule has 0 spiro atoms. The van der Waals surface area contributed by atoms with Crippen LogP contribution >= 0.6 is 0 Å². The van der Waals surface area contributed by atoms with Gasteiger partial charge in [-0.3, -0.25) is 0 Å². The van der Waals surface area contributed by atoms with Crippen LogP contribution in [0.4, 0.5) is 25.8 Å². The Labute approximate surface area is 149 Å². The molecule has 0 bridgehead atoms. The highest BCUT2D eigenvalue weighted by Crippen LogP contribution is 2.32. The largest absolute Gasteiger partial charge is 0.341 e. The maximum atomic E-state index is 15.4. The summed E-state index contributed by atoms with van der Waals surface area (Å²) in [5.41, 5.74) is 2.58. The molecule has 0 fully saturated rings. The molecule has 1 aliphatic heterocycles. The molecule has 0 amide bonds. The molecule has 128 valence electrons. The summed E-state index contributed by atoms with van der Waals surface area (Å²) in [5.74, 6) is -0.237. The predicted molar refractivity (Wildman–Crippen MR) is 101 cm³/mol. The van der Waals surface area contributed by atoms with Crippen LogP contribution in [0.5, 0.6) is 0 Å². The Kier molecular flexibility index (Phi) is 4.27. The molecule has 0 aliphatic carbocycles. The quantitative estimate of drug-likeness (QED) is 0.658. The molecule has 0 aromatic heterocycles. The number of hydrogen-bond acceptors (Lipinski definition) is 3. The van der Waals surface area contributed by atoms with E-state index in [1.807, 2.05) is 42.5 Å². The van der Waals surface area contributed by atoms with Gasteiger partial charge in [-0.15, -0.1) is 0 Å². The third-order valence-corrected chi connectivity index (χ3v) is 4.03. The van der Waals surface area contributed by atoms with Crippen LogP contribution in [0.1, 0.15) is 5.56 Å². The van der Waals surface area contributed by atoms with Crippen LogP contribution in [-0.2, 0) is 0 Å². The van der Waals surface area contributed by atoms with Gasteiger partial charge in [0.1, 0.15) is 11.7 Å². The van der Waals surface area contributed by atoms with E-state index in [4.69, 9.17) is 0 Å². The van der Waals surface area contributed by atoms with Crippen LogP contribution in [0.15, 0.2) is 88.8 Å². The van der Waals surface area contributed by atoms with Gasteiger partial charge in [-0.25, -0.2) is 18.8 Å². The number of nitrogens with one attached hydrogen (secondary N) is 1. The van der Waals surface area contributed by atoms with Crippen molar-refractivity contribution in [3.8, 4) is 0 Å². The molecule has 1 unspecified atom stereocenters. The topological polar surface area (TPSA) is 36.8 Å². The van der Waals surface area contributed by atoms with Gasteiger partial charge in [0.05, 0.1) is 17.1 Å². The first-order valence-corrected chi connectivity index (χ1v) is 8.19. The first kappa shape index (κ1) is 16.1. The van der Waals surface area contributed by atoms with Gasteiger partial charge >= 0.3 is 0 Å². The molecule has 0 radical (unpaired) electrons. The lowest BCUT2D eigenvalue weighted by Crippen LogP contribution is -2.31. The van der Waals surface area contributed by atoms with Crippen molar-refractivity contribution in [1.29, 1.82) is 0 Å². The van der Waals surface area contributed by atoms with Crippen molar-refractivity contribution in [3.05, 3.63) is 90.2 Å². The van der Waals surface area contributed by atoms with Crippen molar-refractivity contribution in [2.75, 3.05) is 5.32 Å². The number of fused-ring (bicyclic) bond motifs is 1. The minimum atomic E-state index is -1.58. The fourth-order valence-electron chi connectivity index (χ4n) is 2.75. The molecular weight excluding hydrogens is 332 g/mol. The summed E-state index contributed by atoms with van der Waals surface area (Å²) in [4.78, 5) is 8.93. The van der Waals surface area contributed by atoms with Crippen LogP contribution in [0.25, 0.3) is 0 Å². The number of benzene rings is 3. The first-order chi connectivity index (χ1) is 12.7. The molecule has 5 heteroatoms. The summed E-state index contributed by atoms with van der Waals surface area (Å²) < 4.78 is 28.7. The van der Waals surface area contributed by atoms with Crippen molar-refractivity contribution < 1.29 is 8.78 Å². The van der Waals surface area contributed by atoms with Gasteiger partial charge in [-0.1, -0.05) is 42.5 Å². The SMILES string of the molecule is Fc1ccc(C2=Nc3ccccc3N=C(Nc3ccccc3)C2F)cc1. The van der Waals surface area contributed by atoms with Crippen LogP contribution in [-0.4, -0.2) is 17.7 Å². The summed E-state index contributed by atoms with van der Waals surface area (Å²) in [6.07, 6.45) is -1.58. The third-order valence-electron chi connectivity index (χ3n) is 4.03. The molecule has 26 heavy (non-hydrogen) atoms. The van der Waals surface area contributed by atoms with Crippen molar-refractivity contribution >= 4 is 28.6 Å². The molecule has 4 rings (SSSR count). The summed E-state index contributed by atoms with van der Waals surface area (Å²) in [7, 11) is 0. The zero-order chi connectivity index (χ0) is 17.9. The average Bonchev–Trinajstić information content (AvgIpc) is 2.81. The monoisotopic (exact) mass is 347 g/mol. The lowest BCUT2D eigenvalue weighted by atomic mass is 10.0. The van der Waals surface area contributed by atoms with Gasteiger partial charge in [0.15, 0.2) is 6.17 Å².